The molecule has 0 aliphatic heterocycles. The molecule has 9 heteroatoms. The number of hydrogen-bond donors (Lipinski definition) is 2. The summed E-state index contributed by atoms with van der Waals surface area (Å²) in [5.74, 6) is 0.477. The zero-order valence-electron chi connectivity index (χ0n) is 13.4. The minimum absolute atomic E-state index is 0. The summed E-state index contributed by atoms with van der Waals surface area (Å²) >= 11 is 1.35. The van der Waals surface area contributed by atoms with Crippen LogP contribution in [-0.2, 0) is 16.1 Å². The van der Waals surface area contributed by atoms with Gasteiger partial charge in [0.2, 0.25) is 5.91 Å². The van der Waals surface area contributed by atoms with Crippen LogP contribution in [0, 0.1) is 17.8 Å². The predicted molar refractivity (Wildman–Crippen MR) is 96.7 cm³/mol. The highest BCUT2D eigenvalue weighted by molar-refractivity contribution is 7.09. The number of carbonyl (C=O) groups excluding carboxylic acids is 2. The van der Waals surface area contributed by atoms with E-state index in [0.29, 0.717) is 35.7 Å². The number of ether oxygens (including phenoxy) is 1. The lowest BCUT2D eigenvalue weighted by molar-refractivity contribution is -0.127. The van der Waals surface area contributed by atoms with Gasteiger partial charge in [-0.15, -0.1) is 36.2 Å². The van der Waals surface area contributed by atoms with Crippen molar-refractivity contribution >= 4 is 48.0 Å². The van der Waals surface area contributed by atoms with Crippen molar-refractivity contribution in [3.63, 3.8) is 0 Å². The smallest absolute Gasteiger partial charge is 0.357 e. The summed E-state index contributed by atoms with van der Waals surface area (Å²) in [5, 5.41) is 5.27. The van der Waals surface area contributed by atoms with Gasteiger partial charge >= 0.3 is 5.97 Å². The molecule has 1 amide bonds. The Hall–Kier alpha value is -0.890. The molecule has 6 nitrogen and oxygen atoms in total. The SMILES string of the molecule is CCOC(=O)c1csc(CNC(=O)C2C3CCC(C3)C2N)n1.Cl.Cl. The van der Waals surface area contributed by atoms with Crippen molar-refractivity contribution in [3.05, 3.63) is 16.1 Å². The van der Waals surface area contributed by atoms with Crippen LogP contribution in [0.5, 0.6) is 0 Å². The number of esters is 1. The number of fused-ring (bicyclic) bond motifs is 2. The fraction of sp³-hybridized carbons (Fsp3) is 0.667. The van der Waals surface area contributed by atoms with Gasteiger partial charge in [0.05, 0.1) is 19.1 Å². The van der Waals surface area contributed by atoms with Gasteiger partial charge in [0.1, 0.15) is 5.01 Å². The highest BCUT2D eigenvalue weighted by Crippen LogP contribution is 2.47. The number of aromatic nitrogens is 1. The molecule has 1 aromatic heterocycles. The van der Waals surface area contributed by atoms with Crippen LogP contribution in [0.4, 0.5) is 0 Å². The highest BCUT2D eigenvalue weighted by Gasteiger charge is 2.48. The summed E-state index contributed by atoms with van der Waals surface area (Å²) < 4.78 is 4.90. The van der Waals surface area contributed by atoms with Crippen LogP contribution in [0.1, 0.15) is 41.7 Å². The maximum absolute atomic E-state index is 12.4. The second kappa shape index (κ2) is 8.99. The maximum atomic E-state index is 12.4. The Morgan fingerprint density at radius 2 is 2.08 bits per heavy atom. The Bertz CT molecular complexity index is 582. The molecule has 2 saturated carbocycles. The summed E-state index contributed by atoms with van der Waals surface area (Å²) in [6, 6.07) is -0.00913. The fourth-order valence-corrected chi connectivity index (χ4v) is 4.40. The average Bonchev–Trinajstić information content (AvgIpc) is 3.20. The Balaban J connectivity index is 0.00000144. The third-order valence-corrected chi connectivity index (χ3v) is 5.58. The molecule has 2 bridgehead atoms. The number of halogens is 2. The molecule has 136 valence electrons. The average molecular weight is 396 g/mol. The van der Waals surface area contributed by atoms with Crippen molar-refractivity contribution in [1.82, 2.24) is 10.3 Å². The molecule has 0 aromatic carbocycles. The molecule has 1 heterocycles. The molecule has 4 atom stereocenters. The van der Waals surface area contributed by atoms with Crippen LogP contribution >= 0.6 is 36.2 Å². The zero-order chi connectivity index (χ0) is 15.7. The Morgan fingerprint density at radius 1 is 1.38 bits per heavy atom. The van der Waals surface area contributed by atoms with E-state index in [1.165, 1.54) is 11.3 Å². The quantitative estimate of drug-likeness (QED) is 0.744. The first-order chi connectivity index (χ1) is 10.6. The van der Waals surface area contributed by atoms with Crippen molar-refractivity contribution in [1.29, 1.82) is 0 Å². The highest BCUT2D eigenvalue weighted by atomic mass is 35.5. The van der Waals surface area contributed by atoms with E-state index in [1.807, 2.05) is 0 Å². The largest absolute Gasteiger partial charge is 0.461 e. The maximum Gasteiger partial charge on any atom is 0.357 e. The number of nitrogens with zero attached hydrogens (tertiary/aromatic N) is 1. The molecule has 2 fully saturated rings. The number of nitrogens with two attached hydrogens (primary N) is 1. The summed E-state index contributed by atoms with van der Waals surface area (Å²) in [6.07, 6.45) is 3.36. The van der Waals surface area contributed by atoms with Crippen LogP contribution in [0.25, 0.3) is 0 Å². The zero-order valence-corrected chi connectivity index (χ0v) is 15.8. The summed E-state index contributed by atoms with van der Waals surface area (Å²) in [6.45, 7) is 2.41. The Kier molecular flexibility index (Phi) is 7.92. The monoisotopic (exact) mass is 395 g/mol. The molecule has 3 rings (SSSR count). The van der Waals surface area contributed by atoms with Crippen LogP contribution in [-0.4, -0.2) is 29.5 Å². The van der Waals surface area contributed by atoms with E-state index in [2.05, 4.69) is 10.3 Å². The van der Waals surface area contributed by atoms with Crippen LogP contribution in [0.15, 0.2) is 5.38 Å². The molecule has 2 aliphatic rings. The third kappa shape index (κ3) is 4.20. The van der Waals surface area contributed by atoms with E-state index < -0.39 is 5.97 Å². The fourth-order valence-electron chi connectivity index (χ4n) is 3.70. The number of hydrogen-bond acceptors (Lipinski definition) is 6. The van der Waals surface area contributed by atoms with Crippen molar-refractivity contribution in [2.75, 3.05) is 6.61 Å². The van der Waals surface area contributed by atoms with Crippen molar-refractivity contribution in [2.45, 2.75) is 38.8 Å². The second-order valence-corrected chi connectivity index (χ2v) is 6.94. The lowest BCUT2D eigenvalue weighted by Crippen LogP contribution is -2.45. The minimum Gasteiger partial charge on any atom is -0.461 e. The molecule has 1 aromatic rings. The number of rotatable bonds is 5. The summed E-state index contributed by atoms with van der Waals surface area (Å²) in [7, 11) is 0. The summed E-state index contributed by atoms with van der Waals surface area (Å²) in [5.41, 5.74) is 6.47. The van der Waals surface area contributed by atoms with E-state index in [0.717, 1.165) is 19.3 Å². The number of nitrogens with one attached hydrogen (secondary N) is 1. The van der Waals surface area contributed by atoms with Gasteiger partial charge in [-0.05, 0) is 38.0 Å². The van der Waals surface area contributed by atoms with Gasteiger partial charge < -0.3 is 15.8 Å². The first kappa shape index (κ1) is 21.2. The lowest BCUT2D eigenvalue weighted by Gasteiger charge is -2.26. The van der Waals surface area contributed by atoms with Gasteiger partial charge in [0, 0.05) is 11.4 Å². The molecule has 0 spiro atoms. The Labute approximate surface area is 157 Å². The predicted octanol–water partition coefficient (Wildman–Crippen LogP) is 2.15. The van der Waals surface area contributed by atoms with Gasteiger partial charge in [-0.2, -0.15) is 0 Å². The molecule has 2 aliphatic carbocycles. The van der Waals surface area contributed by atoms with E-state index >= 15 is 0 Å². The van der Waals surface area contributed by atoms with Crippen molar-refractivity contribution in [2.24, 2.45) is 23.5 Å². The second-order valence-electron chi connectivity index (χ2n) is 6.00. The van der Waals surface area contributed by atoms with Gasteiger partial charge in [-0.3, -0.25) is 4.79 Å². The Morgan fingerprint density at radius 3 is 2.71 bits per heavy atom. The van der Waals surface area contributed by atoms with Crippen LogP contribution < -0.4 is 11.1 Å². The molecule has 0 saturated heterocycles. The van der Waals surface area contributed by atoms with E-state index in [1.54, 1.807) is 12.3 Å². The molecular weight excluding hydrogens is 373 g/mol. The minimum atomic E-state index is -0.425. The van der Waals surface area contributed by atoms with E-state index in [9.17, 15) is 9.59 Å². The summed E-state index contributed by atoms with van der Waals surface area (Å²) in [4.78, 5) is 28.1. The molecule has 3 N–H and O–H groups in total. The van der Waals surface area contributed by atoms with Crippen molar-refractivity contribution < 1.29 is 14.3 Å². The molecule has 0 radical (unpaired) electrons. The molecule has 24 heavy (non-hydrogen) atoms. The molecule has 4 unspecified atom stereocenters. The number of amides is 1. The van der Waals surface area contributed by atoms with Gasteiger partial charge in [0.15, 0.2) is 5.69 Å². The van der Waals surface area contributed by atoms with Gasteiger partial charge in [-0.1, -0.05) is 0 Å². The first-order valence-electron chi connectivity index (χ1n) is 7.75. The standard InChI is InChI=1S/C15H21N3O3S.2ClH/c1-2-21-15(20)10-7-22-11(18-10)6-17-14(19)12-8-3-4-9(5-8)13(12)16;;/h7-9,12-13H,2-6,16H2,1H3,(H,17,19);2*1H. The van der Waals surface area contributed by atoms with Gasteiger partial charge in [-0.25, -0.2) is 9.78 Å². The van der Waals surface area contributed by atoms with E-state index in [4.69, 9.17) is 10.5 Å². The third-order valence-electron chi connectivity index (χ3n) is 4.73. The van der Waals surface area contributed by atoms with Gasteiger partial charge in [0.25, 0.3) is 0 Å². The first-order valence-corrected chi connectivity index (χ1v) is 8.63. The molecular formula is C15H23Cl2N3O3S. The normalized spacial score (nSPS) is 27.1. The number of carbonyl (C=O) groups is 2. The number of thiazole rings is 1. The van der Waals surface area contributed by atoms with Crippen LogP contribution in [0.2, 0.25) is 0 Å². The van der Waals surface area contributed by atoms with Crippen LogP contribution in [0.3, 0.4) is 0 Å². The van der Waals surface area contributed by atoms with Crippen molar-refractivity contribution in [3.8, 4) is 0 Å². The topological polar surface area (TPSA) is 94.3 Å². The lowest BCUT2D eigenvalue weighted by atomic mass is 9.84. The van der Waals surface area contributed by atoms with E-state index in [-0.39, 0.29) is 42.7 Å².